The average Bonchev–Trinajstić information content (AvgIpc) is 3.02. The van der Waals surface area contributed by atoms with Crippen molar-refractivity contribution in [1.29, 1.82) is 0 Å². The van der Waals surface area contributed by atoms with Gasteiger partial charge in [0.15, 0.2) is 5.96 Å². The van der Waals surface area contributed by atoms with Crippen LogP contribution in [0.15, 0.2) is 27.8 Å². The Bertz CT molecular complexity index is 490. The summed E-state index contributed by atoms with van der Waals surface area (Å²) in [4.78, 5) is 18.6. The number of hydrogen-bond acceptors (Lipinski definition) is 3. The Balaban J connectivity index is 0.00000264. The van der Waals surface area contributed by atoms with Crippen molar-refractivity contribution in [2.45, 2.75) is 33.2 Å². The fraction of sp³-hybridized carbons (Fsp3) is 0.625. The first-order valence-corrected chi connectivity index (χ1v) is 8.01. The molecule has 6 nitrogen and oxygen atoms in total. The molecule has 23 heavy (non-hydrogen) atoms. The molecular weight excluding hydrogens is 407 g/mol. The largest absolute Gasteiger partial charge is 0.467 e. The molecule has 1 unspecified atom stereocenters. The molecule has 1 aliphatic rings. The van der Waals surface area contributed by atoms with Crippen molar-refractivity contribution in [3.8, 4) is 0 Å². The molecule has 130 valence electrons. The summed E-state index contributed by atoms with van der Waals surface area (Å²) < 4.78 is 5.18. The van der Waals surface area contributed by atoms with E-state index in [1.807, 2.05) is 13.0 Å². The van der Waals surface area contributed by atoms with E-state index in [1.54, 1.807) is 12.3 Å². The molecule has 1 fully saturated rings. The number of aliphatic imine (C=N–C) groups is 1. The van der Waals surface area contributed by atoms with Crippen molar-refractivity contribution in [3.05, 3.63) is 24.2 Å². The number of amides is 1. The predicted octanol–water partition coefficient (Wildman–Crippen LogP) is 2.21. The van der Waals surface area contributed by atoms with Gasteiger partial charge in [0.05, 0.1) is 12.8 Å². The van der Waals surface area contributed by atoms with Crippen LogP contribution in [0.5, 0.6) is 0 Å². The molecule has 1 aromatic heterocycles. The van der Waals surface area contributed by atoms with E-state index in [-0.39, 0.29) is 36.4 Å². The molecule has 2 rings (SSSR count). The van der Waals surface area contributed by atoms with E-state index < -0.39 is 0 Å². The number of likely N-dealkylation sites (tertiary alicyclic amines) is 1. The van der Waals surface area contributed by atoms with Gasteiger partial charge in [-0.05, 0) is 37.8 Å². The fourth-order valence-corrected chi connectivity index (χ4v) is 2.61. The van der Waals surface area contributed by atoms with Gasteiger partial charge in [0.2, 0.25) is 5.91 Å². The lowest BCUT2D eigenvalue weighted by molar-refractivity contribution is -0.119. The van der Waals surface area contributed by atoms with Crippen LogP contribution in [0.1, 0.15) is 32.4 Å². The minimum atomic E-state index is -0.100. The second-order valence-corrected chi connectivity index (χ2v) is 5.72. The van der Waals surface area contributed by atoms with E-state index in [0.29, 0.717) is 12.5 Å². The number of nitrogens with zero attached hydrogens (tertiary/aromatic N) is 2. The number of rotatable bonds is 5. The zero-order valence-electron chi connectivity index (χ0n) is 13.9. The SMILES string of the molecule is CCNC(=NCC(=O)NCc1ccco1)N1CCCC(C)C1.I. The lowest BCUT2D eigenvalue weighted by atomic mass is 10.0. The summed E-state index contributed by atoms with van der Waals surface area (Å²) in [5.74, 6) is 2.15. The average molecular weight is 434 g/mol. The predicted molar refractivity (Wildman–Crippen MR) is 102 cm³/mol. The third-order valence-corrected chi connectivity index (χ3v) is 3.70. The summed E-state index contributed by atoms with van der Waals surface area (Å²) in [7, 11) is 0. The van der Waals surface area contributed by atoms with Crippen LogP contribution in [-0.2, 0) is 11.3 Å². The molecule has 0 aromatic carbocycles. The first-order chi connectivity index (χ1) is 10.7. The normalized spacial score (nSPS) is 18.3. The van der Waals surface area contributed by atoms with Crippen molar-refractivity contribution in [3.63, 3.8) is 0 Å². The highest BCUT2D eigenvalue weighted by Gasteiger charge is 2.19. The Morgan fingerprint density at radius 1 is 1.48 bits per heavy atom. The summed E-state index contributed by atoms with van der Waals surface area (Å²) >= 11 is 0. The standard InChI is InChI=1S/C16H26N4O2.HI/c1-3-17-16(20-8-4-6-13(2)12-20)19-11-15(21)18-10-14-7-5-9-22-14;/h5,7,9,13H,3-4,6,8,10-12H2,1-2H3,(H,17,19)(H,18,21);1H. The maximum Gasteiger partial charge on any atom is 0.242 e. The summed E-state index contributed by atoms with van der Waals surface area (Å²) in [6.07, 6.45) is 4.04. The van der Waals surface area contributed by atoms with Gasteiger partial charge >= 0.3 is 0 Å². The molecular formula is C16H27IN4O2. The number of guanidine groups is 1. The van der Waals surface area contributed by atoms with Gasteiger partial charge in [-0.3, -0.25) is 4.79 Å². The van der Waals surface area contributed by atoms with Gasteiger partial charge in [-0.2, -0.15) is 0 Å². The van der Waals surface area contributed by atoms with Crippen LogP contribution in [-0.4, -0.2) is 42.9 Å². The highest BCUT2D eigenvalue weighted by molar-refractivity contribution is 14.0. The summed E-state index contributed by atoms with van der Waals surface area (Å²) in [6, 6.07) is 3.64. The first-order valence-electron chi connectivity index (χ1n) is 8.01. The van der Waals surface area contributed by atoms with Crippen molar-refractivity contribution < 1.29 is 9.21 Å². The summed E-state index contributed by atoms with van der Waals surface area (Å²) in [5, 5.41) is 6.08. The van der Waals surface area contributed by atoms with Crippen molar-refractivity contribution >= 4 is 35.8 Å². The van der Waals surface area contributed by atoms with Gasteiger partial charge in [-0.15, -0.1) is 24.0 Å². The van der Waals surface area contributed by atoms with Crippen LogP contribution in [0.25, 0.3) is 0 Å². The number of furan rings is 1. The lowest BCUT2D eigenvalue weighted by Crippen LogP contribution is -2.46. The molecule has 0 saturated carbocycles. The van der Waals surface area contributed by atoms with Crippen LogP contribution >= 0.6 is 24.0 Å². The fourth-order valence-electron chi connectivity index (χ4n) is 2.61. The minimum Gasteiger partial charge on any atom is -0.467 e. The molecule has 7 heteroatoms. The van der Waals surface area contributed by atoms with E-state index in [1.165, 1.54) is 12.8 Å². The first kappa shape index (κ1) is 19.8. The molecule has 1 aromatic rings. The molecule has 0 radical (unpaired) electrons. The molecule has 0 aliphatic carbocycles. The van der Waals surface area contributed by atoms with Crippen LogP contribution in [0.3, 0.4) is 0 Å². The highest BCUT2D eigenvalue weighted by Crippen LogP contribution is 2.15. The molecule has 1 amide bonds. The van der Waals surface area contributed by atoms with Crippen molar-refractivity contribution in [2.24, 2.45) is 10.9 Å². The molecule has 0 spiro atoms. The van der Waals surface area contributed by atoms with Crippen LogP contribution < -0.4 is 10.6 Å². The van der Waals surface area contributed by atoms with Crippen LogP contribution in [0.4, 0.5) is 0 Å². The minimum absolute atomic E-state index is 0. The van der Waals surface area contributed by atoms with E-state index in [4.69, 9.17) is 4.42 Å². The Labute approximate surface area is 155 Å². The van der Waals surface area contributed by atoms with Gasteiger partial charge in [0.25, 0.3) is 0 Å². The number of carbonyl (C=O) groups excluding carboxylic acids is 1. The van der Waals surface area contributed by atoms with Gasteiger partial charge in [-0.1, -0.05) is 6.92 Å². The Kier molecular flexibility index (Phi) is 9.05. The number of nitrogens with one attached hydrogen (secondary N) is 2. The quantitative estimate of drug-likeness (QED) is 0.424. The number of halogens is 1. The monoisotopic (exact) mass is 434 g/mol. The smallest absolute Gasteiger partial charge is 0.242 e. The molecule has 1 atom stereocenters. The van der Waals surface area contributed by atoms with Gasteiger partial charge in [0, 0.05) is 19.6 Å². The van der Waals surface area contributed by atoms with Gasteiger partial charge in [-0.25, -0.2) is 4.99 Å². The Morgan fingerprint density at radius 3 is 2.96 bits per heavy atom. The molecule has 2 heterocycles. The maximum atomic E-state index is 11.9. The molecule has 2 N–H and O–H groups in total. The van der Waals surface area contributed by atoms with Gasteiger partial charge in [0.1, 0.15) is 12.3 Å². The highest BCUT2D eigenvalue weighted by atomic mass is 127. The Morgan fingerprint density at radius 2 is 2.30 bits per heavy atom. The molecule has 1 saturated heterocycles. The van der Waals surface area contributed by atoms with E-state index in [2.05, 4.69) is 27.4 Å². The molecule has 1 aliphatic heterocycles. The summed E-state index contributed by atoms with van der Waals surface area (Å²) in [6.45, 7) is 7.64. The van der Waals surface area contributed by atoms with E-state index in [0.717, 1.165) is 31.4 Å². The van der Waals surface area contributed by atoms with Crippen LogP contribution in [0.2, 0.25) is 0 Å². The van der Waals surface area contributed by atoms with Crippen molar-refractivity contribution in [2.75, 3.05) is 26.2 Å². The third kappa shape index (κ3) is 6.80. The third-order valence-electron chi connectivity index (χ3n) is 3.70. The number of piperidine rings is 1. The summed E-state index contributed by atoms with van der Waals surface area (Å²) in [5.41, 5.74) is 0. The maximum absolute atomic E-state index is 11.9. The van der Waals surface area contributed by atoms with Crippen LogP contribution in [0, 0.1) is 5.92 Å². The Hall–Kier alpha value is -1.25. The van der Waals surface area contributed by atoms with E-state index >= 15 is 0 Å². The number of hydrogen-bond donors (Lipinski definition) is 2. The number of carbonyl (C=O) groups is 1. The molecule has 0 bridgehead atoms. The van der Waals surface area contributed by atoms with Crippen molar-refractivity contribution in [1.82, 2.24) is 15.5 Å². The second-order valence-electron chi connectivity index (χ2n) is 5.72. The zero-order valence-corrected chi connectivity index (χ0v) is 16.2. The van der Waals surface area contributed by atoms with Gasteiger partial charge < -0.3 is 20.0 Å². The topological polar surface area (TPSA) is 69.9 Å². The van der Waals surface area contributed by atoms with E-state index in [9.17, 15) is 4.79 Å². The zero-order chi connectivity index (χ0) is 15.8. The lowest BCUT2D eigenvalue weighted by Gasteiger charge is -2.33. The second kappa shape index (κ2) is 10.5.